The molecule has 1 unspecified atom stereocenters. The molecular formula is C11H14FNO. The molecule has 0 aliphatic heterocycles. The van der Waals surface area contributed by atoms with Crippen LogP contribution in [-0.2, 0) is 0 Å². The maximum absolute atomic E-state index is 12.8. The minimum Gasteiger partial charge on any atom is -0.330 e. The van der Waals surface area contributed by atoms with E-state index in [9.17, 15) is 9.18 Å². The quantitative estimate of drug-likeness (QED) is 0.746. The largest absolute Gasteiger partial charge is 0.330 e. The first kappa shape index (κ1) is 10.9. The van der Waals surface area contributed by atoms with E-state index < -0.39 is 0 Å². The summed E-state index contributed by atoms with van der Waals surface area (Å²) in [6, 6.07) is 5.74. The fourth-order valence-electron chi connectivity index (χ4n) is 1.18. The third kappa shape index (κ3) is 2.92. The Morgan fingerprint density at radius 2 is 2.29 bits per heavy atom. The summed E-state index contributed by atoms with van der Waals surface area (Å²) >= 11 is 0. The van der Waals surface area contributed by atoms with Crippen LogP contribution < -0.4 is 5.73 Å². The second-order valence-corrected chi connectivity index (χ2v) is 3.48. The average molecular weight is 195 g/mol. The van der Waals surface area contributed by atoms with E-state index in [1.807, 2.05) is 6.92 Å². The van der Waals surface area contributed by atoms with E-state index in [0.29, 0.717) is 18.5 Å². The van der Waals surface area contributed by atoms with Crippen molar-refractivity contribution in [1.29, 1.82) is 0 Å². The summed E-state index contributed by atoms with van der Waals surface area (Å²) < 4.78 is 12.8. The van der Waals surface area contributed by atoms with Crippen LogP contribution in [0.2, 0.25) is 0 Å². The van der Waals surface area contributed by atoms with Crippen LogP contribution in [0.5, 0.6) is 0 Å². The number of carbonyl (C=O) groups is 1. The summed E-state index contributed by atoms with van der Waals surface area (Å²) in [5, 5.41) is 0. The number of hydrogen-bond donors (Lipinski definition) is 1. The summed E-state index contributed by atoms with van der Waals surface area (Å²) in [4.78, 5) is 11.5. The highest BCUT2D eigenvalue weighted by molar-refractivity contribution is 5.96. The normalized spacial score (nSPS) is 12.5. The Balaban J connectivity index is 2.70. The Hall–Kier alpha value is -1.22. The van der Waals surface area contributed by atoms with Crippen LogP contribution in [0.1, 0.15) is 23.7 Å². The number of benzene rings is 1. The van der Waals surface area contributed by atoms with Crippen LogP contribution in [0, 0.1) is 11.7 Å². The fraction of sp³-hybridized carbons (Fsp3) is 0.364. The smallest absolute Gasteiger partial charge is 0.163 e. The molecule has 0 radical (unpaired) electrons. The van der Waals surface area contributed by atoms with Gasteiger partial charge in [0.1, 0.15) is 5.82 Å². The molecule has 0 fully saturated rings. The number of rotatable bonds is 4. The second-order valence-electron chi connectivity index (χ2n) is 3.48. The lowest BCUT2D eigenvalue weighted by molar-refractivity contribution is 0.0965. The van der Waals surface area contributed by atoms with Gasteiger partial charge >= 0.3 is 0 Å². The van der Waals surface area contributed by atoms with Gasteiger partial charge in [0, 0.05) is 12.0 Å². The molecule has 1 aromatic carbocycles. The van der Waals surface area contributed by atoms with Gasteiger partial charge in [0.2, 0.25) is 0 Å². The first-order valence-corrected chi connectivity index (χ1v) is 4.62. The maximum atomic E-state index is 12.8. The number of nitrogens with two attached hydrogens (primary N) is 1. The highest BCUT2D eigenvalue weighted by atomic mass is 19.1. The van der Waals surface area contributed by atoms with Crippen molar-refractivity contribution in [3.63, 3.8) is 0 Å². The predicted octanol–water partition coefficient (Wildman–Crippen LogP) is 1.99. The first-order chi connectivity index (χ1) is 6.63. The number of hydrogen-bond acceptors (Lipinski definition) is 2. The highest BCUT2D eigenvalue weighted by Gasteiger charge is 2.10. The molecule has 0 spiro atoms. The average Bonchev–Trinajstić information content (AvgIpc) is 2.17. The number of halogens is 1. The van der Waals surface area contributed by atoms with Gasteiger partial charge in [-0.25, -0.2) is 4.39 Å². The molecule has 3 heteroatoms. The van der Waals surface area contributed by atoms with Gasteiger partial charge in [-0.2, -0.15) is 0 Å². The lowest BCUT2D eigenvalue weighted by atomic mass is 10.00. The molecule has 0 aliphatic rings. The highest BCUT2D eigenvalue weighted by Crippen LogP contribution is 2.10. The van der Waals surface area contributed by atoms with Gasteiger partial charge in [-0.1, -0.05) is 19.1 Å². The van der Waals surface area contributed by atoms with E-state index in [4.69, 9.17) is 5.73 Å². The van der Waals surface area contributed by atoms with Gasteiger partial charge in [-0.3, -0.25) is 4.79 Å². The monoisotopic (exact) mass is 195 g/mol. The Morgan fingerprint density at radius 3 is 2.86 bits per heavy atom. The summed E-state index contributed by atoms with van der Waals surface area (Å²) in [6.07, 6.45) is 0.375. The van der Waals surface area contributed by atoms with Crippen molar-refractivity contribution in [2.75, 3.05) is 6.54 Å². The van der Waals surface area contributed by atoms with E-state index in [1.165, 1.54) is 18.2 Å². The zero-order valence-corrected chi connectivity index (χ0v) is 8.16. The summed E-state index contributed by atoms with van der Waals surface area (Å²) in [6.45, 7) is 2.37. The Morgan fingerprint density at radius 1 is 1.57 bits per heavy atom. The molecule has 0 heterocycles. The van der Waals surface area contributed by atoms with Gasteiger partial charge in [0.15, 0.2) is 5.78 Å². The van der Waals surface area contributed by atoms with Crippen molar-refractivity contribution in [1.82, 2.24) is 0 Å². The zero-order chi connectivity index (χ0) is 10.6. The third-order valence-electron chi connectivity index (χ3n) is 2.08. The van der Waals surface area contributed by atoms with Gasteiger partial charge in [0.05, 0.1) is 0 Å². The van der Waals surface area contributed by atoms with Gasteiger partial charge in [-0.05, 0) is 24.6 Å². The number of ketones is 1. The lowest BCUT2D eigenvalue weighted by Crippen LogP contribution is -2.15. The SMILES string of the molecule is CC(CN)CC(=O)c1cccc(F)c1. The Bertz CT molecular complexity index is 325. The van der Waals surface area contributed by atoms with Crippen molar-refractivity contribution in [3.05, 3.63) is 35.6 Å². The minimum atomic E-state index is -0.378. The molecule has 0 amide bonds. The predicted molar refractivity (Wildman–Crippen MR) is 53.6 cm³/mol. The molecule has 0 aliphatic carbocycles. The van der Waals surface area contributed by atoms with Crippen LogP contribution in [0.15, 0.2) is 24.3 Å². The molecule has 0 saturated heterocycles. The molecule has 14 heavy (non-hydrogen) atoms. The third-order valence-corrected chi connectivity index (χ3v) is 2.08. The summed E-state index contributed by atoms with van der Waals surface area (Å²) in [5.74, 6) is -0.288. The van der Waals surface area contributed by atoms with Crippen molar-refractivity contribution < 1.29 is 9.18 Å². The Labute approximate surface area is 82.9 Å². The van der Waals surface area contributed by atoms with E-state index in [2.05, 4.69) is 0 Å². The van der Waals surface area contributed by atoms with E-state index in [1.54, 1.807) is 6.07 Å². The van der Waals surface area contributed by atoms with Crippen LogP contribution >= 0.6 is 0 Å². The topological polar surface area (TPSA) is 43.1 Å². The zero-order valence-electron chi connectivity index (χ0n) is 8.16. The minimum absolute atomic E-state index is 0.0533. The molecule has 76 valence electrons. The molecule has 1 rings (SSSR count). The van der Waals surface area contributed by atoms with Gasteiger partial charge < -0.3 is 5.73 Å². The summed E-state index contributed by atoms with van der Waals surface area (Å²) in [7, 11) is 0. The standard InChI is InChI=1S/C11H14FNO/c1-8(7-13)5-11(14)9-3-2-4-10(12)6-9/h2-4,6,8H,5,7,13H2,1H3. The van der Waals surface area contributed by atoms with Gasteiger partial charge in [-0.15, -0.1) is 0 Å². The van der Waals surface area contributed by atoms with Gasteiger partial charge in [0.25, 0.3) is 0 Å². The molecule has 0 aromatic heterocycles. The van der Waals surface area contributed by atoms with Crippen LogP contribution in [-0.4, -0.2) is 12.3 Å². The number of Topliss-reactive ketones (excluding diaryl/α,β-unsaturated/α-hetero) is 1. The van der Waals surface area contributed by atoms with Crippen molar-refractivity contribution in [2.45, 2.75) is 13.3 Å². The lowest BCUT2D eigenvalue weighted by Gasteiger charge is -2.06. The van der Waals surface area contributed by atoms with Crippen molar-refractivity contribution in [3.8, 4) is 0 Å². The molecule has 0 saturated carbocycles. The molecule has 2 N–H and O–H groups in total. The Kier molecular flexibility index (Phi) is 3.77. The summed E-state index contributed by atoms with van der Waals surface area (Å²) in [5.41, 5.74) is 5.82. The van der Waals surface area contributed by atoms with Crippen molar-refractivity contribution in [2.24, 2.45) is 11.7 Å². The molecular weight excluding hydrogens is 181 g/mol. The molecule has 0 bridgehead atoms. The maximum Gasteiger partial charge on any atom is 0.163 e. The molecule has 1 atom stereocenters. The van der Waals surface area contributed by atoms with Crippen LogP contribution in [0.4, 0.5) is 4.39 Å². The molecule has 2 nitrogen and oxygen atoms in total. The van der Waals surface area contributed by atoms with E-state index >= 15 is 0 Å². The van der Waals surface area contributed by atoms with E-state index in [-0.39, 0.29) is 17.5 Å². The first-order valence-electron chi connectivity index (χ1n) is 4.62. The van der Waals surface area contributed by atoms with Crippen LogP contribution in [0.25, 0.3) is 0 Å². The fourth-order valence-corrected chi connectivity index (χ4v) is 1.18. The molecule has 1 aromatic rings. The number of carbonyl (C=O) groups excluding carboxylic acids is 1. The van der Waals surface area contributed by atoms with Crippen LogP contribution in [0.3, 0.4) is 0 Å². The van der Waals surface area contributed by atoms with Crippen molar-refractivity contribution >= 4 is 5.78 Å². The van der Waals surface area contributed by atoms with E-state index in [0.717, 1.165) is 0 Å². The second kappa shape index (κ2) is 4.86.